The van der Waals surface area contributed by atoms with Crippen molar-refractivity contribution in [3.05, 3.63) is 45.3 Å². The number of aliphatic hydroxyl groups excluding tert-OH is 1. The molecule has 3 rings (SSSR count). The maximum absolute atomic E-state index is 11.8. The van der Waals surface area contributed by atoms with Crippen molar-refractivity contribution in [2.75, 3.05) is 19.7 Å². The van der Waals surface area contributed by atoms with Gasteiger partial charge in [0, 0.05) is 22.9 Å². The fourth-order valence-electron chi connectivity index (χ4n) is 3.47. The average molecular weight is 302 g/mol. The van der Waals surface area contributed by atoms with E-state index in [9.17, 15) is 9.90 Å². The molecule has 0 amide bonds. The molecule has 0 saturated carbocycles. The molecule has 2 atom stereocenters. The second-order valence-corrected chi connectivity index (χ2v) is 6.60. The van der Waals surface area contributed by atoms with E-state index < -0.39 is 0 Å². The molecule has 1 unspecified atom stereocenters. The van der Waals surface area contributed by atoms with Gasteiger partial charge < -0.3 is 14.4 Å². The third-order valence-corrected chi connectivity index (χ3v) is 4.86. The van der Waals surface area contributed by atoms with E-state index in [1.165, 1.54) is 10.5 Å². The van der Waals surface area contributed by atoms with Gasteiger partial charge >= 0.3 is 5.63 Å². The maximum Gasteiger partial charge on any atom is 0.336 e. The van der Waals surface area contributed by atoms with E-state index in [0.29, 0.717) is 11.5 Å². The highest BCUT2D eigenvalue weighted by Crippen LogP contribution is 2.21. The molecule has 1 saturated heterocycles. The van der Waals surface area contributed by atoms with E-state index in [0.717, 1.165) is 49.0 Å². The van der Waals surface area contributed by atoms with Crippen LogP contribution in [0.1, 0.15) is 29.5 Å². The largest absolute Gasteiger partial charge is 0.423 e. The first kappa shape index (κ1) is 15.3. The summed E-state index contributed by atoms with van der Waals surface area (Å²) in [7, 11) is 0. The Kier molecular flexibility index (Phi) is 4.32. The van der Waals surface area contributed by atoms with Crippen molar-refractivity contribution in [1.82, 2.24) is 0 Å². The molecule has 2 N–H and O–H groups in total. The molecule has 4 nitrogen and oxygen atoms in total. The number of benzene rings is 1. The highest BCUT2D eigenvalue weighted by Gasteiger charge is 2.23. The number of likely N-dealkylation sites (tertiary alicyclic amines) is 1. The standard InChI is InChI=1S/C18H23NO3/c1-12-6-16-15(8-18(21)22-17(16)7-13(12)2)10-19-5-3-4-14(9-19)11-20/h6-8,14,20H,3-5,9-11H2,1-2H3/p+1/t14-/m0/s1. The van der Waals surface area contributed by atoms with Crippen LogP contribution in [0.4, 0.5) is 0 Å². The molecule has 0 aliphatic carbocycles. The summed E-state index contributed by atoms with van der Waals surface area (Å²) in [5.41, 5.74) is 3.81. The number of aliphatic hydroxyl groups is 1. The van der Waals surface area contributed by atoms with Crippen molar-refractivity contribution in [2.24, 2.45) is 5.92 Å². The van der Waals surface area contributed by atoms with Gasteiger partial charge in [0.15, 0.2) is 0 Å². The zero-order valence-electron chi connectivity index (χ0n) is 13.3. The van der Waals surface area contributed by atoms with Gasteiger partial charge in [-0.05, 0) is 49.9 Å². The first-order chi connectivity index (χ1) is 10.6. The highest BCUT2D eigenvalue weighted by atomic mass is 16.4. The topological polar surface area (TPSA) is 54.9 Å². The van der Waals surface area contributed by atoms with Crippen LogP contribution >= 0.6 is 0 Å². The monoisotopic (exact) mass is 302 g/mol. The second kappa shape index (κ2) is 6.23. The molecule has 1 aromatic heterocycles. The van der Waals surface area contributed by atoms with Crippen LogP contribution in [0.3, 0.4) is 0 Å². The molecule has 1 aliphatic rings. The van der Waals surface area contributed by atoms with Crippen molar-refractivity contribution >= 4 is 11.0 Å². The number of aryl methyl sites for hydroxylation is 2. The summed E-state index contributed by atoms with van der Waals surface area (Å²) in [5.74, 6) is 0.388. The summed E-state index contributed by atoms with van der Waals surface area (Å²) in [6.45, 7) is 7.27. The maximum atomic E-state index is 11.8. The average Bonchev–Trinajstić information content (AvgIpc) is 2.49. The van der Waals surface area contributed by atoms with Crippen LogP contribution in [-0.4, -0.2) is 24.8 Å². The smallest absolute Gasteiger partial charge is 0.336 e. The second-order valence-electron chi connectivity index (χ2n) is 6.60. The molecule has 0 spiro atoms. The number of nitrogens with one attached hydrogen (secondary N) is 1. The van der Waals surface area contributed by atoms with Crippen molar-refractivity contribution in [2.45, 2.75) is 33.2 Å². The lowest BCUT2D eigenvalue weighted by Gasteiger charge is -2.29. The van der Waals surface area contributed by atoms with E-state index in [1.54, 1.807) is 6.07 Å². The number of hydrogen-bond donors (Lipinski definition) is 2. The Bertz CT molecular complexity index is 735. The molecule has 118 valence electrons. The summed E-state index contributed by atoms with van der Waals surface area (Å²) in [6, 6.07) is 5.71. The zero-order valence-corrected chi connectivity index (χ0v) is 13.3. The predicted octanol–water partition coefficient (Wildman–Crippen LogP) is 1.20. The van der Waals surface area contributed by atoms with Crippen LogP contribution < -0.4 is 10.5 Å². The minimum atomic E-state index is -0.277. The number of hydrogen-bond acceptors (Lipinski definition) is 3. The zero-order chi connectivity index (χ0) is 15.7. The van der Waals surface area contributed by atoms with Crippen LogP contribution in [0.15, 0.2) is 27.4 Å². The molecule has 1 fully saturated rings. The SMILES string of the molecule is Cc1cc2oc(=O)cc(C[NH+]3CCC[C@H](CO)C3)c2cc1C. The van der Waals surface area contributed by atoms with E-state index >= 15 is 0 Å². The first-order valence-corrected chi connectivity index (χ1v) is 8.05. The molecule has 1 aromatic carbocycles. The molecule has 22 heavy (non-hydrogen) atoms. The summed E-state index contributed by atoms with van der Waals surface area (Å²) in [4.78, 5) is 13.3. The summed E-state index contributed by atoms with van der Waals surface area (Å²) >= 11 is 0. The summed E-state index contributed by atoms with van der Waals surface area (Å²) in [6.07, 6.45) is 2.24. The summed E-state index contributed by atoms with van der Waals surface area (Å²) < 4.78 is 5.36. The van der Waals surface area contributed by atoms with Gasteiger partial charge in [0.25, 0.3) is 0 Å². The minimum Gasteiger partial charge on any atom is -0.423 e. The molecule has 2 aromatic rings. The van der Waals surface area contributed by atoms with E-state index in [2.05, 4.69) is 13.0 Å². The Morgan fingerprint density at radius 2 is 2.05 bits per heavy atom. The normalized spacial score (nSPS) is 22.1. The van der Waals surface area contributed by atoms with Crippen molar-refractivity contribution < 1.29 is 14.4 Å². The molecule has 2 heterocycles. The third-order valence-electron chi connectivity index (χ3n) is 4.86. The number of quaternary nitrogens is 1. The Morgan fingerprint density at radius 3 is 2.82 bits per heavy atom. The van der Waals surface area contributed by atoms with Gasteiger partial charge in [-0.25, -0.2) is 4.79 Å². The Hall–Kier alpha value is -1.65. The van der Waals surface area contributed by atoms with Gasteiger partial charge in [-0.2, -0.15) is 0 Å². The van der Waals surface area contributed by atoms with Crippen LogP contribution in [0.5, 0.6) is 0 Å². The fourth-order valence-corrected chi connectivity index (χ4v) is 3.47. The number of rotatable bonds is 3. The molecule has 1 aliphatic heterocycles. The van der Waals surface area contributed by atoms with E-state index in [4.69, 9.17) is 4.42 Å². The van der Waals surface area contributed by atoms with Crippen molar-refractivity contribution in [3.8, 4) is 0 Å². The van der Waals surface area contributed by atoms with Crippen molar-refractivity contribution in [1.29, 1.82) is 0 Å². The molecule has 4 heteroatoms. The summed E-state index contributed by atoms with van der Waals surface area (Å²) in [5, 5.41) is 10.4. The van der Waals surface area contributed by atoms with Gasteiger partial charge in [-0.1, -0.05) is 0 Å². The number of fused-ring (bicyclic) bond motifs is 1. The van der Waals surface area contributed by atoms with Crippen LogP contribution in [0, 0.1) is 19.8 Å². The van der Waals surface area contributed by atoms with Crippen molar-refractivity contribution in [3.63, 3.8) is 0 Å². The quantitative estimate of drug-likeness (QED) is 0.838. The molecule has 0 bridgehead atoms. The van der Waals surface area contributed by atoms with E-state index in [1.807, 2.05) is 13.0 Å². The lowest BCUT2D eigenvalue weighted by Crippen LogP contribution is -3.12. The molecular weight excluding hydrogens is 278 g/mol. The Morgan fingerprint density at radius 1 is 1.27 bits per heavy atom. The first-order valence-electron chi connectivity index (χ1n) is 8.05. The van der Waals surface area contributed by atoms with Gasteiger partial charge in [-0.15, -0.1) is 0 Å². The van der Waals surface area contributed by atoms with Gasteiger partial charge in [0.1, 0.15) is 12.1 Å². The van der Waals surface area contributed by atoms with Gasteiger partial charge in [0.2, 0.25) is 0 Å². The highest BCUT2D eigenvalue weighted by molar-refractivity contribution is 5.81. The van der Waals surface area contributed by atoms with Crippen LogP contribution in [0.25, 0.3) is 11.0 Å². The fraction of sp³-hybridized carbons (Fsp3) is 0.500. The van der Waals surface area contributed by atoms with Crippen LogP contribution in [-0.2, 0) is 6.54 Å². The molecule has 0 radical (unpaired) electrons. The lowest BCUT2D eigenvalue weighted by molar-refractivity contribution is -0.922. The Balaban J connectivity index is 1.96. The number of piperidine rings is 1. The van der Waals surface area contributed by atoms with E-state index in [-0.39, 0.29) is 12.2 Å². The lowest BCUT2D eigenvalue weighted by atomic mass is 9.97. The minimum absolute atomic E-state index is 0.263. The predicted molar refractivity (Wildman–Crippen MR) is 86.2 cm³/mol. The van der Waals surface area contributed by atoms with Gasteiger partial charge in [0.05, 0.1) is 19.7 Å². The molecular formula is C18H24NO3+. The van der Waals surface area contributed by atoms with Crippen LogP contribution in [0.2, 0.25) is 0 Å². The Labute approximate surface area is 130 Å². The third kappa shape index (κ3) is 3.08. The van der Waals surface area contributed by atoms with Gasteiger partial charge in [-0.3, -0.25) is 0 Å².